The number of hydrogen-bond donors (Lipinski definition) is 4. The Hall–Kier alpha value is -0.950. The average molecular weight is 324 g/mol. The summed E-state index contributed by atoms with van der Waals surface area (Å²) in [4.78, 5) is 32.1. The highest BCUT2D eigenvalue weighted by Crippen LogP contribution is 2.46. The molecule has 1 amide bonds. The predicted molar refractivity (Wildman–Crippen MR) is 77.7 cm³/mol. The molecule has 0 aliphatic rings. The number of amides is 1. The van der Waals surface area contributed by atoms with Crippen LogP contribution in [0.1, 0.15) is 40.0 Å². The molecule has 0 bridgehead atoms. The van der Waals surface area contributed by atoms with Crippen molar-refractivity contribution in [1.29, 1.82) is 0 Å². The third kappa shape index (κ3) is 7.57. The van der Waals surface area contributed by atoms with E-state index < -0.39 is 37.9 Å². The number of nitrogens with one attached hydrogen (secondary N) is 1. The summed E-state index contributed by atoms with van der Waals surface area (Å²) in [6, 6.07) is -1.08. The van der Waals surface area contributed by atoms with Gasteiger partial charge in [0.05, 0.1) is 0 Å². The summed E-state index contributed by atoms with van der Waals surface area (Å²) >= 11 is 0. The van der Waals surface area contributed by atoms with Crippen LogP contribution >= 0.6 is 7.60 Å². The van der Waals surface area contributed by atoms with Crippen LogP contribution in [0.2, 0.25) is 0 Å². The van der Waals surface area contributed by atoms with Gasteiger partial charge in [0.15, 0.2) is 0 Å². The van der Waals surface area contributed by atoms with E-state index in [4.69, 9.17) is 15.4 Å². The topological polar surface area (TPSA) is 139 Å². The SMILES string of the molecule is CCCCC(N)P(=O)(O)OCC(=O)N[C@H](C(=O)O)C(C)C. The minimum atomic E-state index is -4.09. The second kappa shape index (κ2) is 9.15. The van der Waals surface area contributed by atoms with Crippen molar-refractivity contribution in [1.82, 2.24) is 5.32 Å². The van der Waals surface area contributed by atoms with Crippen molar-refractivity contribution in [3.63, 3.8) is 0 Å². The quantitative estimate of drug-likeness (QED) is 0.437. The summed E-state index contributed by atoms with van der Waals surface area (Å²) in [6.07, 6.45) is 1.81. The molecule has 21 heavy (non-hydrogen) atoms. The first-order valence-corrected chi connectivity index (χ1v) is 8.51. The molecule has 0 radical (unpaired) electrons. The summed E-state index contributed by atoms with van der Waals surface area (Å²) in [5.74, 6) is -3.32. The molecule has 2 unspecified atom stereocenters. The van der Waals surface area contributed by atoms with Crippen molar-refractivity contribution >= 4 is 19.5 Å². The Morgan fingerprint density at radius 1 is 1.38 bits per heavy atom. The standard InChI is InChI=1S/C12H25N2O6P/c1-4-5-6-9(13)21(18,19)20-7-10(15)14-11(8(2)3)12(16)17/h8-9,11H,4-7,13H2,1-3H3,(H,14,15)(H,16,17)(H,18,19)/t9?,11-/m0/s1. The molecular formula is C12H25N2O6P. The van der Waals surface area contributed by atoms with E-state index in [1.807, 2.05) is 6.92 Å². The molecule has 0 fully saturated rings. The Labute approximate surface area is 124 Å². The van der Waals surface area contributed by atoms with Crippen LogP contribution in [0, 0.1) is 5.92 Å². The number of aliphatic carboxylic acids is 1. The van der Waals surface area contributed by atoms with Crippen molar-refractivity contribution in [2.75, 3.05) is 6.61 Å². The first-order valence-electron chi connectivity index (χ1n) is 6.86. The highest BCUT2D eigenvalue weighted by molar-refractivity contribution is 7.53. The third-order valence-corrected chi connectivity index (χ3v) is 4.50. The van der Waals surface area contributed by atoms with Gasteiger partial charge in [-0.15, -0.1) is 0 Å². The molecule has 0 heterocycles. The van der Waals surface area contributed by atoms with Crippen LogP contribution in [-0.4, -0.2) is 40.3 Å². The number of carboxylic acid groups (broad SMARTS) is 1. The molecule has 0 saturated heterocycles. The summed E-state index contributed by atoms with van der Waals surface area (Å²) in [6.45, 7) is 4.49. The van der Waals surface area contributed by atoms with Crippen molar-refractivity contribution in [3.8, 4) is 0 Å². The fourth-order valence-corrected chi connectivity index (χ4v) is 2.55. The van der Waals surface area contributed by atoms with Gasteiger partial charge in [-0.3, -0.25) is 13.9 Å². The zero-order valence-corrected chi connectivity index (χ0v) is 13.5. The highest BCUT2D eigenvalue weighted by atomic mass is 31.2. The van der Waals surface area contributed by atoms with Gasteiger partial charge in [0.25, 0.3) is 0 Å². The Morgan fingerprint density at radius 3 is 2.38 bits per heavy atom. The highest BCUT2D eigenvalue weighted by Gasteiger charge is 2.30. The zero-order valence-electron chi connectivity index (χ0n) is 12.6. The maximum absolute atomic E-state index is 11.8. The molecule has 124 valence electrons. The molecule has 0 aromatic carbocycles. The summed E-state index contributed by atoms with van der Waals surface area (Å²) in [7, 11) is -4.09. The minimum Gasteiger partial charge on any atom is -0.480 e. The zero-order chi connectivity index (χ0) is 16.6. The molecule has 3 atom stereocenters. The number of carboxylic acids is 1. The number of rotatable bonds is 10. The average Bonchev–Trinajstić information content (AvgIpc) is 2.39. The van der Waals surface area contributed by atoms with E-state index in [-0.39, 0.29) is 5.92 Å². The van der Waals surface area contributed by atoms with Crippen molar-refractivity contribution in [2.24, 2.45) is 11.7 Å². The van der Waals surface area contributed by atoms with Crippen LogP contribution in [0.25, 0.3) is 0 Å². The molecule has 8 nitrogen and oxygen atoms in total. The van der Waals surface area contributed by atoms with Crippen LogP contribution in [0.4, 0.5) is 0 Å². The Morgan fingerprint density at radius 2 is 1.95 bits per heavy atom. The van der Waals surface area contributed by atoms with Gasteiger partial charge in [-0.05, 0) is 12.3 Å². The Kier molecular flexibility index (Phi) is 8.73. The normalized spacial score (nSPS) is 17.0. The molecule has 0 aliphatic heterocycles. The van der Waals surface area contributed by atoms with Gasteiger partial charge in [-0.1, -0.05) is 33.6 Å². The monoisotopic (exact) mass is 324 g/mol. The lowest BCUT2D eigenvalue weighted by Gasteiger charge is -2.20. The molecule has 9 heteroatoms. The van der Waals surface area contributed by atoms with Gasteiger partial charge >= 0.3 is 13.6 Å². The predicted octanol–water partition coefficient (Wildman–Crippen LogP) is 0.889. The first kappa shape index (κ1) is 20.1. The van der Waals surface area contributed by atoms with Crippen LogP contribution in [0.3, 0.4) is 0 Å². The molecule has 0 rings (SSSR count). The molecule has 0 aliphatic carbocycles. The molecule has 0 saturated carbocycles. The van der Waals surface area contributed by atoms with Crippen LogP contribution < -0.4 is 11.1 Å². The summed E-state index contributed by atoms with van der Waals surface area (Å²) < 4.78 is 16.5. The van der Waals surface area contributed by atoms with E-state index in [1.165, 1.54) is 0 Å². The summed E-state index contributed by atoms with van der Waals surface area (Å²) in [5, 5.41) is 11.2. The van der Waals surface area contributed by atoms with Crippen molar-refractivity contribution < 1.29 is 28.7 Å². The van der Waals surface area contributed by atoms with E-state index >= 15 is 0 Å². The van der Waals surface area contributed by atoms with Gasteiger partial charge in [0.2, 0.25) is 5.91 Å². The molecule has 0 aromatic heterocycles. The first-order chi connectivity index (χ1) is 9.61. The fourth-order valence-electron chi connectivity index (χ4n) is 1.55. The van der Waals surface area contributed by atoms with Crippen molar-refractivity contribution in [2.45, 2.75) is 51.9 Å². The number of nitrogens with two attached hydrogens (primary N) is 1. The Balaban J connectivity index is 4.40. The van der Waals surface area contributed by atoms with Gasteiger partial charge in [0.1, 0.15) is 18.4 Å². The van der Waals surface area contributed by atoms with Crippen LogP contribution in [0.15, 0.2) is 0 Å². The lowest BCUT2D eigenvalue weighted by Crippen LogP contribution is -2.45. The van der Waals surface area contributed by atoms with Crippen molar-refractivity contribution in [3.05, 3.63) is 0 Å². The second-order valence-electron chi connectivity index (χ2n) is 5.17. The lowest BCUT2D eigenvalue weighted by atomic mass is 10.1. The maximum atomic E-state index is 11.8. The minimum absolute atomic E-state index is 0.315. The van der Waals surface area contributed by atoms with Gasteiger partial charge in [-0.25, -0.2) is 4.79 Å². The molecule has 0 aromatic rings. The van der Waals surface area contributed by atoms with Crippen LogP contribution in [-0.2, 0) is 18.7 Å². The van der Waals surface area contributed by atoms with E-state index in [0.29, 0.717) is 12.8 Å². The van der Waals surface area contributed by atoms with Gasteiger partial charge in [-0.2, -0.15) is 0 Å². The molecule has 0 spiro atoms. The van der Waals surface area contributed by atoms with Crippen LogP contribution in [0.5, 0.6) is 0 Å². The van der Waals surface area contributed by atoms with E-state index in [9.17, 15) is 19.0 Å². The second-order valence-corrected chi connectivity index (χ2v) is 7.22. The number of carbonyl (C=O) groups excluding carboxylic acids is 1. The lowest BCUT2D eigenvalue weighted by molar-refractivity contribution is -0.143. The molecule has 5 N–H and O–H groups in total. The van der Waals surface area contributed by atoms with E-state index in [0.717, 1.165) is 6.42 Å². The largest absolute Gasteiger partial charge is 0.480 e. The smallest absolute Gasteiger partial charge is 0.345 e. The fraction of sp³-hybridized carbons (Fsp3) is 0.833. The number of carbonyl (C=O) groups is 2. The van der Waals surface area contributed by atoms with E-state index in [1.54, 1.807) is 13.8 Å². The van der Waals surface area contributed by atoms with Gasteiger partial charge < -0.3 is 21.1 Å². The third-order valence-electron chi connectivity index (χ3n) is 2.90. The number of hydrogen-bond acceptors (Lipinski definition) is 5. The molecular weight excluding hydrogens is 299 g/mol. The summed E-state index contributed by atoms with van der Waals surface area (Å²) in [5.41, 5.74) is 5.56. The van der Waals surface area contributed by atoms with Gasteiger partial charge in [0, 0.05) is 0 Å². The van der Waals surface area contributed by atoms with E-state index in [2.05, 4.69) is 5.32 Å². The Bertz CT molecular complexity index is 401. The number of unbranched alkanes of at least 4 members (excludes halogenated alkanes) is 1. The maximum Gasteiger partial charge on any atom is 0.345 e.